The van der Waals surface area contributed by atoms with Gasteiger partial charge in [0.2, 0.25) is 0 Å². The molecule has 0 heterocycles. The lowest BCUT2D eigenvalue weighted by molar-refractivity contribution is 0.0950. The molecular formula is C15H14F2N2O. The van der Waals surface area contributed by atoms with Gasteiger partial charge in [0.15, 0.2) is 0 Å². The van der Waals surface area contributed by atoms with Crippen LogP contribution >= 0.6 is 0 Å². The Morgan fingerprint density at radius 3 is 2.50 bits per heavy atom. The van der Waals surface area contributed by atoms with Crippen LogP contribution in [0.25, 0.3) is 0 Å². The Morgan fingerprint density at radius 1 is 1.10 bits per heavy atom. The van der Waals surface area contributed by atoms with E-state index in [0.717, 1.165) is 11.6 Å². The van der Waals surface area contributed by atoms with Gasteiger partial charge in [-0.3, -0.25) is 4.79 Å². The summed E-state index contributed by atoms with van der Waals surface area (Å²) in [7, 11) is 0. The second-order valence-corrected chi connectivity index (χ2v) is 4.35. The summed E-state index contributed by atoms with van der Waals surface area (Å²) in [6, 6.07) is 11.2. The van der Waals surface area contributed by atoms with Gasteiger partial charge in [0, 0.05) is 12.6 Å². The van der Waals surface area contributed by atoms with Crippen molar-refractivity contribution in [3.8, 4) is 0 Å². The molecule has 5 heteroatoms. The maximum atomic E-state index is 13.5. The number of rotatable bonds is 4. The van der Waals surface area contributed by atoms with E-state index < -0.39 is 17.5 Å². The highest BCUT2D eigenvalue weighted by Gasteiger charge is 2.14. The third kappa shape index (κ3) is 3.32. The molecule has 20 heavy (non-hydrogen) atoms. The zero-order chi connectivity index (χ0) is 14.5. The summed E-state index contributed by atoms with van der Waals surface area (Å²) in [5.41, 5.74) is 5.88. The minimum absolute atomic E-state index is 0.250. The van der Waals surface area contributed by atoms with E-state index in [4.69, 9.17) is 5.73 Å². The fraction of sp³-hybridized carbons (Fsp3) is 0.133. The van der Waals surface area contributed by atoms with Crippen LogP contribution in [0.5, 0.6) is 0 Å². The van der Waals surface area contributed by atoms with Gasteiger partial charge in [-0.15, -0.1) is 0 Å². The van der Waals surface area contributed by atoms with E-state index in [2.05, 4.69) is 5.32 Å². The van der Waals surface area contributed by atoms with Crippen molar-refractivity contribution in [2.75, 3.05) is 12.3 Å². The molecule has 1 amide bonds. The lowest BCUT2D eigenvalue weighted by Crippen LogP contribution is -2.26. The van der Waals surface area contributed by atoms with Gasteiger partial charge in [-0.25, -0.2) is 8.78 Å². The van der Waals surface area contributed by atoms with E-state index in [-0.39, 0.29) is 11.3 Å². The predicted molar refractivity (Wildman–Crippen MR) is 73.2 cm³/mol. The second-order valence-electron chi connectivity index (χ2n) is 4.35. The summed E-state index contributed by atoms with van der Waals surface area (Å²) in [5.74, 6) is -2.40. The van der Waals surface area contributed by atoms with E-state index in [0.29, 0.717) is 19.0 Å². The molecule has 0 aliphatic carbocycles. The molecule has 3 nitrogen and oxygen atoms in total. The number of nitrogens with two attached hydrogens (primary N) is 1. The SMILES string of the molecule is Nc1cc(C(=O)NCCc2ccccc2)c(F)cc1F. The zero-order valence-corrected chi connectivity index (χ0v) is 10.7. The molecule has 0 saturated carbocycles. The van der Waals surface area contributed by atoms with Crippen molar-refractivity contribution >= 4 is 11.6 Å². The largest absolute Gasteiger partial charge is 0.396 e. The molecule has 0 unspecified atom stereocenters. The number of carbonyl (C=O) groups is 1. The molecule has 2 aromatic rings. The van der Waals surface area contributed by atoms with Crippen molar-refractivity contribution in [3.63, 3.8) is 0 Å². The maximum Gasteiger partial charge on any atom is 0.254 e. The van der Waals surface area contributed by atoms with Crippen molar-refractivity contribution in [2.45, 2.75) is 6.42 Å². The number of nitrogens with one attached hydrogen (secondary N) is 1. The minimum atomic E-state index is -0.922. The Labute approximate surface area is 115 Å². The van der Waals surface area contributed by atoms with Crippen LogP contribution in [0.4, 0.5) is 14.5 Å². The summed E-state index contributed by atoms with van der Waals surface area (Å²) in [5, 5.41) is 2.58. The average Bonchev–Trinajstić information content (AvgIpc) is 2.44. The summed E-state index contributed by atoms with van der Waals surface area (Å²) < 4.78 is 26.5. The molecule has 0 fully saturated rings. The number of halogens is 2. The molecule has 2 rings (SSSR count). The lowest BCUT2D eigenvalue weighted by atomic mass is 10.1. The molecule has 104 valence electrons. The zero-order valence-electron chi connectivity index (χ0n) is 10.7. The molecular weight excluding hydrogens is 262 g/mol. The number of amides is 1. The van der Waals surface area contributed by atoms with Gasteiger partial charge in [0.1, 0.15) is 11.6 Å². The maximum absolute atomic E-state index is 13.5. The number of anilines is 1. The van der Waals surface area contributed by atoms with Crippen LogP contribution in [0.2, 0.25) is 0 Å². The van der Waals surface area contributed by atoms with E-state index in [1.165, 1.54) is 0 Å². The van der Waals surface area contributed by atoms with Gasteiger partial charge in [0.25, 0.3) is 5.91 Å². The van der Waals surface area contributed by atoms with Crippen LogP contribution in [-0.4, -0.2) is 12.5 Å². The van der Waals surface area contributed by atoms with Crippen molar-refractivity contribution < 1.29 is 13.6 Å². The first kappa shape index (κ1) is 14.0. The van der Waals surface area contributed by atoms with E-state index in [9.17, 15) is 13.6 Å². The summed E-state index contributed by atoms with van der Waals surface area (Å²) in [4.78, 5) is 11.8. The average molecular weight is 276 g/mol. The first-order valence-corrected chi connectivity index (χ1v) is 6.14. The number of carbonyl (C=O) groups excluding carboxylic acids is 1. The summed E-state index contributed by atoms with van der Waals surface area (Å²) >= 11 is 0. The third-order valence-corrected chi connectivity index (χ3v) is 2.87. The molecule has 0 aromatic heterocycles. The van der Waals surface area contributed by atoms with Crippen molar-refractivity contribution in [1.29, 1.82) is 0 Å². The van der Waals surface area contributed by atoms with Gasteiger partial charge in [-0.2, -0.15) is 0 Å². The Morgan fingerprint density at radius 2 is 1.80 bits per heavy atom. The van der Waals surface area contributed by atoms with Gasteiger partial charge in [-0.1, -0.05) is 30.3 Å². The Bertz CT molecular complexity index is 615. The molecule has 0 atom stereocenters. The van der Waals surface area contributed by atoms with Crippen LogP contribution in [0.3, 0.4) is 0 Å². The van der Waals surface area contributed by atoms with Crippen molar-refractivity contribution in [1.82, 2.24) is 5.32 Å². The van der Waals surface area contributed by atoms with Gasteiger partial charge < -0.3 is 11.1 Å². The van der Waals surface area contributed by atoms with Crippen LogP contribution in [0, 0.1) is 11.6 Å². The van der Waals surface area contributed by atoms with E-state index >= 15 is 0 Å². The highest BCUT2D eigenvalue weighted by Crippen LogP contribution is 2.16. The van der Waals surface area contributed by atoms with Crippen LogP contribution < -0.4 is 11.1 Å². The number of benzene rings is 2. The summed E-state index contributed by atoms with van der Waals surface area (Å²) in [6.07, 6.45) is 0.630. The van der Waals surface area contributed by atoms with Gasteiger partial charge in [0.05, 0.1) is 11.3 Å². The van der Waals surface area contributed by atoms with Gasteiger partial charge >= 0.3 is 0 Å². The van der Waals surface area contributed by atoms with Crippen molar-refractivity contribution in [3.05, 3.63) is 65.2 Å². The molecule has 0 spiro atoms. The molecule has 0 aliphatic rings. The quantitative estimate of drug-likeness (QED) is 0.843. The lowest BCUT2D eigenvalue weighted by Gasteiger charge is -2.07. The molecule has 3 N–H and O–H groups in total. The number of nitrogen functional groups attached to an aromatic ring is 1. The fourth-order valence-electron chi connectivity index (χ4n) is 1.80. The minimum Gasteiger partial charge on any atom is -0.396 e. The van der Waals surface area contributed by atoms with Gasteiger partial charge in [-0.05, 0) is 18.1 Å². The first-order chi connectivity index (χ1) is 9.58. The predicted octanol–water partition coefficient (Wildman–Crippen LogP) is 2.52. The second kappa shape index (κ2) is 6.14. The first-order valence-electron chi connectivity index (χ1n) is 6.14. The molecule has 0 bridgehead atoms. The third-order valence-electron chi connectivity index (χ3n) is 2.87. The van der Waals surface area contributed by atoms with Crippen LogP contribution in [0.1, 0.15) is 15.9 Å². The molecule has 2 aromatic carbocycles. The fourth-order valence-corrected chi connectivity index (χ4v) is 1.80. The van der Waals surface area contributed by atoms with E-state index in [1.807, 2.05) is 30.3 Å². The highest BCUT2D eigenvalue weighted by molar-refractivity contribution is 5.95. The van der Waals surface area contributed by atoms with E-state index in [1.54, 1.807) is 0 Å². The standard InChI is InChI=1S/C15H14F2N2O/c16-12-9-13(17)14(18)8-11(12)15(20)19-7-6-10-4-2-1-3-5-10/h1-5,8-9H,6-7,18H2,(H,19,20). The Balaban J connectivity index is 1.97. The van der Waals surface area contributed by atoms with Crippen LogP contribution in [-0.2, 0) is 6.42 Å². The highest BCUT2D eigenvalue weighted by atomic mass is 19.1. The monoisotopic (exact) mass is 276 g/mol. The molecule has 0 saturated heterocycles. The normalized spacial score (nSPS) is 10.3. The van der Waals surface area contributed by atoms with Crippen molar-refractivity contribution in [2.24, 2.45) is 0 Å². The smallest absolute Gasteiger partial charge is 0.254 e. The Hall–Kier alpha value is -2.43. The van der Waals surface area contributed by atoms with Crippen LogP contribution in [0.15, 0.2) is 42.5 Å². The number of hydrogen-bond acceptors (Lipinski definition) is 2. The summed E-state index contributed by atoms with van der Waals surface area (Å²) in [6.45, 7) is 0.361. The Kier molecular flexibility index (Phi) is 4.30. The topological polar surface area (TPSA) is 55.1 Å². The number of hydrogen-bond donors (Lipinski definition) is 2. The molecule has 0 aliphatic heterocycles. The molecule has 0 radical (unpaired) electrons.